The molecule has 2 rings (SSSR count). The van der Waals surface area contributed by atoms with Gasteiger partial charge in [-0.2, -0.15) is 0 Å². The van der Waals surface area contributed by atoms with Crippen LogP contribution >= 0.6 is 0 Å². The van der Waals surface area contributed by atoms with E-state index in [1.54, 1.807) is 0 Å². The van der Waals surface area contributed by atoms with Crippen LogP contribution in [0.2, 0.25) is 0 Å². The summed E-state index contributed by atoms with van der Waals surface area (Å²) in [5, 5.41) is 0. The van der Waals surface area contributed by atoms with E-state index in [0.717, 1.165) is 12.3 Å². The van der Waals surface area contributed by atoms with Crippen molar-refractivity contribution in [3.63, 3.8) is 0 Å². The zero-order valence-corrected chi connectivity index (χ0v) is 10.1. The van der Waals surface area contributed by atoms with E-state index in [1.165, 1.54) is 24.9 Å². The monoisotopic (exact) mass is 218 g/mol. The summed E-state index contributed by atoms with van der Waals surface area (Å²) in [7, 11) is 0. The Bertz CT molecular complexity index is 329. The maximum atomic E-state index is 5.84. The van der Waals surface area contributed by atoms with Crippen molar-refractivity contribution in [1.29, 1.82) is 0 Å². The third-order valence-electron chi connectivity index (χ3n) is 2.74. The number of piperidine rings is 1. The highest BCUT2D eigenvalue weighted by molar-refractivity contribution is 5.59. The molecule has 1 aliphatic rings. The van der Waals surface area contributed by atoms with Gasteiger partial charge in [0.25, 0.3) is 0 Å². The standard InChI is InChI=1S/C14H20NO/c1-12(2)16-14-9-5-4-8-13(14)15-10-6-3-7-11-15/h4-5,8-10,12H,3,6-7,11H2,1-2H3. The maximum Gasteiger partial charge on any atom is 0.142 e. The van der Waals surface area contributed by atoms with E-state index in [-0.39, 0.29) is 6.10 Å². The van der Waals surface area contributed by atoms with Gasteiger partial charge < -0.3 is 9.64 Å². The third kappa shape index (κ3) is 2.69. The highest BCUT2D eigenvalue weighted by Crippen LogP contribution is 2.32. The smallest absolute Gasteiger partial charge is 0.142 e. The largest absolute Gasteiger partial charge is 0.489 e. The topological polar surface area (TPSA) is 12.5 Å². The third-order valence-corrected chi connectivity index (χ3v) is 2.74. The normalized spacial score (nSPS) is 16.6. The average Bonchev–Trinajstić information content (AvgIpc) is 2.30. The van der Waals surface area contributed by atoms with Crippen LogP contribution in [0.3, 0.4) is 0 Å². The molecule has 0 atom stereocenters. The lowest BCUT2D eigenvalue weighted by Crippen LogP contribution is -2.25. The van der Waals surface area contributed by atoms with Crippen LogP contribution < -0.4 is 9.64 Å². The molecule has 0 aromatic heterocycles. The van der Waals surface area contributed by atoms with Crippen molar-refractivity contribution in [2.75, 3.05) is 11.4 Å². The van der Waals surface area contributed by atoms with Gasteiger partial charge in [-0.15, -0.1) is 0 Å². The number of hydrogen-bond donors (Lipinski definition) is 0. The van der Waals surface area contributed by atoms with E-state index >= 15 is 0 Å². The van der Waals surface area contributed by atoms with Gasteiger partial charge in [-0.3, -0.25) is 0 Å². The molecule has 0 saturated carbocycles. The molecule has 0 bridgehead atoms. The predicted molar refractivity (Wildman–Crippen MR) is 67.7 cm³/mol. The molecule has 1 aliphatic heterocycles. The van der Waals surface area contributed by atoms with Crippen LogP contribution in [0.4, 0.5) is 5.69 Å². The van der Waals surface area contributed by atoms with Crippen LogP contribution in [-0.2, 0) is 0 Å². The Hall–Kier alpha value is -1.18. The van der Waals surface area contributed by atoms with Gasteiger partial charge in [0.2, 0.25) is 0 Å². The number of nitrogens with zero attached hydrogens (tertiary/aromatic N) is 1. The number of rotatable bonds is 3. The van der Waals surface area contributed by atoms with Crippen LogP contribution in [-0.4, -0.2) is 12.6 Å². The van der Waals surface area contributed by atoms with E-state index in [2.05, 4.69) is 43.5 Å². The quantitative estimate of drug-likeness (QED) is 0.768. The van der Waals surface area contributed by atoms with Crippen molar-refractivity contribution in [3.8, 4) is 5.75 Å². The molecular formula is C14H20NO. The molecule has 0 aliphatic carbocycles. The summed E-state index contributed by atoms with van der Waals surface area (Å²) < 4.78 is 5.84. The Balaban J connectivity index is 2.17. The second-order valence-corrected chi connectivity index (χ2v) is 4.51. The van der Waals surface area contributed by atoms with Gasteiger partial charge in [0, 0.05) is 13.1 Å². The molecule has 0 amide bonds. The number of ether oxygens (including phenoxy) is 1. The molecular weight excluding hydrogens is 198 g/mol. The molecule has 2 heteroatoms. The molecule has 1 heterocycles. The first kappa shape index (κ1) is 11.3. The SMILES string of the molecule is CC(C)Oc1ccccc1N1[CH]CCCC1. The Morgan fingerprint density at radius 2 is 2.00 bits per heavy atom. The van der Waals surface area contributed by atoms with Crippen molar-refractivity contribution in [1.82, 2.24) is 0 Å². The Kier molecular flexibility index (Phi) is 3.70. The van der Waals surface area contributed by atoms with Gasteiger partial charge in [0.15, 0.2) is 0 Å². The van der Waals surface area contributed by atoms with Crippen molar-refractivity contribution in [2.24, 2.45) is 0 Å². The lowest BCUT2D eigenvalue weighted by atomic mass is 10.1. The van der Waals surface area contributed by atoms with Crippen molar-refractivity contribution in [3.05, 3.63) is 30.8 Å². The van der Waals surface area contributed by atoms with Gasteiger partial charge in [-0.1, -0.05) is 12.1 Å². The molecule has 1 saturated heterocycles. The minimum Gasteiger partial charge on any atom is -0.489 e. The molecule has 1 aromatic rings. The molecule has 2 nitrogen and oxygen atoms in total. The fourth-order valence-electron chi connectivity index (χ4n) is 2.03. The number of benzene rings is 1. The molecule has 1 fully saturated rings. The highest BCUT2D eigenvalue weighted by Gasteiger charge is 2.15. The summed E-state index contributed by atoms with van der Waals surface area (Å²) in [6.07, 6.45) is 3.98. The number of anilines is 1. The van der Waals surface area contributed by atoms with E-state index in [4.69, 9.17) is 4.74 Å². The first-order valence-electron chi connectivity index (χ1n) is 6.13. The van der Waals surface area contributed by atoms with Crippen LogP contribution in [0.1, 0.15) is 33.1 Å². The number of para-hydroxylation sites is 2. The summed E-state index contributed by atoms with van der Waals surface area (Å²) in [6, 6.07) is 8.30. The second-order valence-electron chi connectivity index (χ2n) is 4.51. The fourth-order valence-corrected chi connectivity index (χ4v) is 2.03. The zero-order valence-electron chi connectivity index (χ0n) is 10.1. The summed E-state index contributed by atoms with van der Waals surface area (Å²) in [5.41, 5.74) is 1.20. The lowest BCUT2D eigenvalue weighted by Gasteiger charge is -2.30. The summed E-state index contributed by atoms with van der Waals surface area (Å²) >= 11 is 0. The molecule has 16 heavy (non-hydrogen) atoms. The van der Waals surface area contributed by atoms with E-state index in [1.807, 2.05) is 6.07 Å². The van der Waals surface area contributed by atoms with E-state index in [0.29, 0.717) is 0 Å². The van der Waals surface area contributed by atoms with Crippen molar-refractivity contribution < 1.29 is 4.74 Å². The summed E-state index contributed by atoms with van der Waals surface area (Å²) in [6.45, 7) is 7.53. The zero-order chi connectivity index (χ0) is 11.4. The first-order valence-corrected chi connectivity index (χ1v) is 6.13. The number of hydrogen-bond acceptors (Lipinski definition) is 2. The molecule has 1 aromatic carbocycles. The minimum absolute atomic E-state index is 0.228. The van der Waals surface area contributed by atoms with Crippen LogP contribution in [0, 0.1) is 6.54 Å². The van der Waals surface area contributed by atoms with Crippen LogP contribution in [0.15, 0.2) is 24.3 Å². The Labute approximate surface area is 98.2 Å². The highest BCUT2D eigenvalue weighted by atomic mass is 16.5. The fraction of sp³-hybridized carbons (Fsp3) is 0.500. The van der Waals surface area contributed by atoms with Crippen molar-refractivity contribution in [2.45, 2.75) is 39.2 Å². The lowest BCUT2D eigenvalue weighted by molar-refractivity contribution is 0.243. The van der Waals surface area contributed by atoms with Crippen LogP contribution in [0.25, 0.3) is 0 Å². The second kappa shape index (κ2) is 5.24. The first-order chi connectivity index (χ1) is 7.77. The predicted octanol–water partition coefficient (Wildman–Crippen LogP) is 3.63. The molecule has 0 spiro atoms. The minimum atomic E-state index is 0.228. The molecule has 1 radical (unpaired) electrons. The average molecular weight is 218 g/mol. The van der Waals surface area contributed by atoms with Crippen molar-refractivity contribution >= 4 is 5.69 Å². The van der Waals surface area contributed by atoms with E-state index in [9.17, 15) is 0 Å². The molecule has 0 N–H and O–H groups in total. The van der Waals surface area contributed by atoms with Gasteiger partial charge in [-0.05, 0) is 45.2 Å². The maximum absolute atomic E-state index is 5.84. The van der Waals surface area contributed by atoms with Gasteiger partial charge in [-0.25, -0.2) is 0 Å². The molecule has 0 unspecified atom stereocenters. The Morgan fingerprint density at radius 1 is 1.19 bits per heavy atom. The summed E-state index contributed by atoms with van der Waals surface area (Å²) in [5.74, 6) is 0.996. The van der Waals surface area contributed by atoms with Gasteiger partial charge in [0.1, 0.15) is 5.75 Å². The Morgan fingerprint density at radius 3 is 2.69 bits per heavy atom. The summed E-state index contributed by atoms with van der Waals surface area (Å²) in [4.78, 5) is 2.32. The van der Waals surface area contributed by atoms with Crippen LogP contribution in [0.5, 0.6) is 5.75 Å². The van der Waals surface area contributed by atoms with Gasteiger partial charge >= 0.3 is 0 Å². The molecule has 87 valence electrons. The van der Waals surface area contributed by atoms with Gasteiger partial charge in [0.05, 0.1) is 11.8 Å². The van der Waals surface area contributed by atoms with E-state index < -0.39 is 0 Å².